The van der Waals surface area contributed by atoms with Gasteiger partial charge in [-0.3, -0.25) is 9.59 Å². The monoisotopic (exact) mass is 307 g/mol. The molecule has 120 valence electrons. The number of hydrogen-bond donors (Lipinski definition) is 3. The smallest absolute Gasteiger partial charge is 0.249 e. The Hall–Kier alpha value is -2.57. The van der Waals surface area contributed by atoms with Crippen LogP contribution in [-0.2, 0) is 9.59 Å². The van der Waals surface area contributed by atoms with Gasteiger partial charge in [-0.15, -0.1) is 0 Å². The summed E-state index contributed by atoms with van der Waals surface area (Å²) in [5.74, 6) is -0.480. The van der Waals surface area contributed by atoms with Crippen molar-refractivity contribution in [3.63, 3.8) is 0 Å². The number of carbonyl (C=O) groups is 2. The molecule has 7 nitrogen and oxygen atoms in total. The van der Waals surface area contributed by atoms with Crippen molar-refractivity contribution in [3.05, 3.63) is 23.8 Å². The number of hydrazone groups is 1. The van der Waals surface area contributed by atoms with Crippen LogP contribution in [-0.4, -0.2) is 35.8 Å². The highest BCUT2D eigenvalue weighted by Gasteiger charge is 2.09. The van der Waals surface area contributed by atoms with Gasteiger partial charge in [0, 0.05) is 6.04 Å². The molecule has 0 heterocycles. The van der Waals surface area contributed by atoms with Crippen molar-refractivity contribution in [1.29, 1.82) is 0 Å². The van der Waals surface area contributed by atoms with Gasteiger partial charge in [-0.05, 0) is 44.5 Å². The molecule has 7 heteroatoms. The summed E-state index contributed by atoms with van der Waals surface area (Å²) in [6.45, 7) is 5.86. The van der Waals surface area contributed by atoms with E-state index in [-0.39, 0.29) is 24.1 Å². The van der Waals surface area contributed by atoms with Crippen molar-refractivity contribution in [2.24, 2.45) is 5.10 Å². The number of rotatable bonds is 7. The van der Waals surface area contributed by atoms with Crippen LogP contribution in [0.4, 0.5) is 0 Å². The van der Waals surface area contributed by atoms with Crippen molar-refractivity contribution in [2.75, 3.05) is 6.61 Å². The number of benzene rings is 1. The summed E-state index contributed by atoms with van der Waals surface area (Å²) in [7, 11) is 0. The number of carbonyl (C=O) groups excluding carboxylic acids is 2. The summed E-state index contributed by atoms with van der Waals surface area (Å²) < 4.78 is 5.24. The number of amides is 2. The standard InChI is InChI=1S/C15H21N3O4/c1-4-22-13-7-11(5-6-12(13)19)9-16-18-15(21)8-14(20)17-10(2)3/h5-7,9-10,19H,4,8H2,1-3H3,(H,17,20)(H,18,21)/b16-9-. The first-order valence-electron chi connectivity index (χ1n) is 6.99. The Morgan fingerprint density at radius 1 is 1.36 bits per heavy atom. The molecule has 0 spiro atoms. The summed E-state index contributed by atoms with van der Waals surface area (Å²) in [5, 5.41) is 15.9. The topological polar surface area (TPSA) is 100 Å². The zero-order valence-electron chi connectivity index (χ0n) is 12.9. The van der Waals surface area contributed by atoms with Crippen LogP contribution < -0.4 is 15.5 Å². The number of hydrogen-bond acceptors (Lipinski definition) is 5. The molecular formula is C15H21N3O4. The van der Waals surface area contributed by atoms with Gasteiger partial charge in [0.2, 0.25) is 11.8 Å². The second kappa shape index (κ2) is 8.66. The van der Waals surface area contributed by atoms with Crippen molar-refractivity contribution < 1.29 is 19.4 Å². The largest absolute Gasteiger partial charge is 0.504 e. The van der Waals surface area contributed by atoms with E-state index in [2.05, 4.69) is 15.8 Å². The lowest BCUT2D eigenvalue weighted by molar-refractivity contribution is -0.129. The highest BCUT2D eigenvalue weighted by atomic mass is 16.5. The minimum Gasteiger partial charge on any atom is -0.504 e. The Bertz CT molecular complexity index is 556. The molecule has 0 radical (unpaired) electrons. The van der Waals surface area contributed by atoms with Gasteiger partial charge in [0.15, 0.2) is 11.5 Å². The zero-order valence-corrected chi connectivity index (χ0v) is 12.9. The summed E-state index contributed by atoms with van der Waals surface area (Å²) in [4.78, 5) is 22.9. The van der Waals surface area contributed by atoms with Crippen LogP contribution in [0.15, 0.2) is 23.3 Å². The van der Waals surface area contributed by atoms with Gasteiger partial charge in [0.05, 0.1) is 12.8 Å². The molecule has 2 amide bonds. The van der Waals surface area contributed by atoms with E-state index in [1.807, 2.05) is 20.8 Å². The van der Waals surface area contributed by atoms with E-state index in [4.69, 9.17) is 4.74 Å². The molecule has 22 heavy (non-hydrogen) atoms. The number of phenolic OH excluding ortho intramolecular Hbond substituents is 1. The van der Waals surface area contributed by atoms with E-state index in [1.54, 1.807) is 12.1 Å². The Morgan fingerprint density at radius 2 is 2.09 bits per heavy atom. The van der Waals surface area contributed by atoms with E-state index in [9.17, 15) is 14.7 Å². The third-order valence-electron chi connectivity index (χ3n) is 2.46. The van der Waals surface area contributed by atoms with Crippen molar-refractivity contribution in [2.45, 2.75) is 33.2 Å². The Kier molecular flexibility index (Phi) is 6.88. The minimum atomic E-state index is -0.502. The minimum absolute atomic E-state index is 0.0159. The average Bonchev–Trinajstić information content (AvgIpc) is 2.41. The normalized spacial score (nSPS) is 10.7. The van der Waals surface area contributed by atoms with Crippen LogP contribution in [0.5, 0.6) is 11.5 Å². The van der Waals surface area contributed by atoms with E-state index in [0.29, 0.717) is 17.9 Å². The lowest BCUT2D eigenvalue weighted by Crippen LogP contribution is -2.34. The molecule has 0 unspecified atom stereocenters. The molecule has 1 aromatic carbocycles. The maximum absolute atomic E-state index is 11.5. The first kappa shape index (κ1) is 17.5. The molecular weight excluding hydrogens is 286 g/mol. The lowest BCUT2D eigenvalue weighted by atomic mass is 10.2. The first-order valence-corrected chi connectivity index (χ1v) is 6.99. The molecule has 0 aliphatic heterocycles. The molecule has 3 N–H and O–H groups in total. The SMILES string of the molecule is CCOc1cc(/C=N\NC(=O)CC(=O)NC(C)C)ccc1O. The number of nitrogens with zero attached hydrogens (tertiary/aromatic N) is 1. The summed E-state index contributed by atoms with van der Waals surface area (Å²) >= 11 is 0. The first-order chi connectivity index (χ1) is 10.4. The van der Waals surface area contributed by atoms with E-state index >= 15 is 0 Å². The quantitative estimate of drug-likeness (QED) is 0.400. The van der Waals surface area contributed by atoms with Crippen LogP contribution in [0.2, 0.25) is 0 Å². The fraction of sp³-hybridized carbons (Fsp3) is 0.400. The fourth-order valence-electron chi connectivity index (χ4n) is 1.62. The van der Waals surface area contributed by atoms with Gasteiger partial charge in [0.1, 0.15) is 6.42 Å². The highest BCUT2D eigenvalue weighted by Crippen LogP contribution is 2.26. The van der Waals surface area contributed by atoms with Gasteiger partial charge in [-0.1, -0.05) is 0 Å². The highest BCUT2D eigenvalue weighted by molar-refractivity contribution is 5.97. The molecule has 1 aromatic rings. The predicted octanol–water partition coefficient (Wildman–Crippen LogP) is 1.16. The van der Waals surface area contributed by atoms with Crippen LogP contribution >= 0.6 is 0 Å². The van der Waals surface area contributed by atoms with Crippen molar-refractivity contribution in [3.8, 4) is 11.5 Å². The van der Waals surface area contributed by atoms with Crippen molar-refractivity contribution >= 4 is 18.0 Å². The number of ether oxygens (including phenoxy) is 1. The van der Waals surface area contributed by atoms with Gasteiger partial charge in [-0.25, -0.2) is 5.43 Å². The Labute approximate surface area is 129 Å². The molecule has 1 rings (SSSR count). The molecule has 0 saturated carbocycles. The van der Waals surface area contributed by atoms with Crippen LogP contribution in [0, 0.1) is 0 Å². The maximum atomic E-state index is 11.5. The third kappa shape index (κ3) is 6.25. The number of nitrogens with one attached hydrogen (secondary N) is 2. The van der Waals surface area contributed by atoms with Crippen LogP contribution in [0.3, 0.4) is 0 Å². The molecule has 0 aromatic heterocycles. The second-order valence-electron chi connectivity index (χ2n) is 4.85. The number of aromatic hydroxyl groups is 1. The predicted molar refractivity (Wildman–Crippen MR) is 82.9 cm³/mol. The molecule has 0 aliphatic carbocycles. The summed E-state index contributed by atoms with van der Waals surface area (Å²) in [5.41, 5.74) is 2.91. The van der Waals surface area contributed by atoms with Crippen LogP contribution in [0.25, 0.3) is 0 Å². The molecule has 0 aliphatic rings. The fourth-order valence-corrected chi connectivity index (χ4v) is 1.62. The second-order valence-corrected chi connectivity index (χ2v) is 4.85. The van der Waals surface area contributed by atoms with Crippen molar-refractivity contribution in [1.82, 2.24) is 10.7 Å². The molecule has 0 saturated heterocycles. The van der Waals surface area contributed by atoms with Crippen LogP contribution in [0.1, 0.15) is 32.8 Å². The van der Waals surface area contributed by atoms with E-state index < -0.39 is 5.91 Å². The Morgan fingerprint density at radius 3 is 2.73 bits per heavy atom. The van der Waals surface area contributed by atoms with Gasteiger partial charge in [-0.2, -0.15) is 5.10 Å². The zero-order chi connectivity index (χ0) is 16.5. The average molecular weight is 307 g/mol. The summed E-state index contributed by atoms with van der Waals surface area (Å²) in [6.07, 6.45) is 1.12. The van der Waals surface area contributed by atoms with E-state index in [1.165, 1.54) is 12.3 Å². The van der Waals surface area contributed by atoms with Gasteiger partial charge < -0.3 is 15.2 Å². The number of phenols is 1. The van der Waals surface area contributed by atoms with E-state index in [0.717, 1.165) is 0 Å². The molecule has 0 bridgehead atoms. The van der Waals surface area contributed by atoms with Gasteiger partial charge >= 0.3 is 0 Å². The maximum Gasteiger partial charge on any atom is 0.249 e. The molecule has 0 fully saturated rings. The Balaban J connectivity index is 2.53. The summed E-state index contributed by atoms with van der Waals surface area (Å²) in [6, 6.07) is 4.68. The van der Waals surface area contributed by atoms with Gasteiger partial charge in [0.25, 0.3) is 0 Å². The third-order valence-corrected chi connectivity index (χ3v) is 2.46. The molecule has 0 atom stereocenters. The lowest BCUT2D eigenvalue weighted by Gasteiger charge is -2.07.